The Morgan fingerprint density at radius 2 is 1.69 bits per heavy atom. The van der Waals surface area contributed by atoms with E-state index in [9.17, 15) is 0 Å². The van der Waals surface area contributed by atoms with Gasteiger partial charge in [0.05, 0.1) is 17.6 Å². The predicted molar refractivity (Wildman–Crippen MR) is 130 cm³/mol. The first-order chi connectivity index (χ1) is 15.8. The van der Waals surface area contributed by atoms with E-state index >= 15 is 0 Å². The molecule has 0 aliphatic heterocycles. The van der Waals surface area contributed by atoms with E-state index in [0.717, 1.165) is 54.2 Å². The number of aryl methyl sites for hydroxylation is 1. The van der Waals surface area contributed by atoms with Crippen molar-refractivity contribution in [2.24, 2.45) is 0 Å². The first kappa shape index (κ1) is 21.7. The van der Waals surface area contributed by atoms with E-state index in [0.29, 0.717) is 6.61 Å². The van der Waals surface area contributed by atoms with Crippen molar-refractivity contribution < 1.29 is 9.47 Å². The third kappa shape index (κ3) is 5.20. The molecule has 1 atom stereocenters. The number of para-hydroxylation sites is 4. The summed E-state index contributed by atoms with van der Waals surface area (Å²) >= 11 is 0. The molecule has 0 spiro atoms. The molecule has 4 heteroatoms. The molecule has 32 heavy (non-hydrogen) atoms. The Morgan fingerprint density at radius 1 is 0.938 bits per heavy atom. The van der Waals surface area contributed by atoms with Crippen molar-refractivity contribution >= 4 is 11.0 Å². The minimum absolute atomic E-state index is 0.146. The number of nitrogens with zero attached hydrogens (tertiary/aromatic N) is 2. The first-order valence-electron chi connectivity index (χ1n) is 11.2. The van der Waals surface area contributed by atoms with Gasteiger partial charge in [0, 0.05) is 6.54 Å². The van der Waals surface area contributed by atoms with Crippen molar-refractivity contribution in [2.45, 2.75) is 38.8 Å². The average Bonchev–Trinajstić information content (AvgIpc) is 3.19. The molecule has 0 radical (unpaired) electrons. The molecule has 4 nitrogen and oxygen atoms in total. The van der Waals surface area contributed by atoms with E-state index < -0.39 is 0 Å². The summed E-state index contributed by atoms with van der Waals surface area (Å²) in [5.74, 6) is 2.75. The van der Waals surface area contributed by atoms with Gasteiger partial charge in [0.1, 0.15) is 11.5 Å². The van der Waals surface area contributed by atoms with Crippen molar-refractivity contribution in [1.82, 2.24) is 9.55 Å². The number of allylic oxidation sites excluding steroid dienone is 1. The lowest BCUT2D eigenvalue weighted by atomic mass is 10.1. The van der Waals surface area contributed by atoms with E-state index in [1.165, 1.54) is 5.56 Å². The van der Waals surface area contributed by atoms with Crippen LogP contribution in [0.1, 0.15) is 37.3 Å². The minimum Gasteiger partial charge on any atom is -0.493 e. The smallest absolute Gasteiger partial charge is 0.153 e. The quantitative estimate of drug-likeness (QED) is 0.196. The first-order valence-corrected chi connectivity index (χ1v) is 11.2. The van der Waals surface area contributed by atoms with Crippen LogP contribution in [-0.2, 0) is 13.0 Å². The molecule has 1 aromatic heterocycles. The molecule has 0 N–H and O–H groups in total. The third-order valence-corrected chi connectivity index (χ3v) is 5.47. The Balaban J connectivity index is 1.41. The van der Waals surface area contributed by atoms with Crippen molar-refractivity contribution in [3.8, 4) is 11.5 Å². The Kier molecular flexibility index (Phi) is 7.23. The lowest BCUT2D eigenvalue weighted by Gasteiger charge is -2.17. The highest BCUT2D eigenvalue weighted by atomic mass is 16.5. The van der Waals surface area contributed by atoms with Crippen LogP contribution >= 0.6 is 0 Å². The maximum Gasteiger partial charge on any atom is 0.153 e. The Morgan fingerprint density at radius 3 is 2.53 bits per heavy atom. The predicted octanol–water partition coefficient (Wildman–Crippen LogP) is 6.76. The molecule has 3 aromatic carbocycles. The topological polar surface area (TPSA) is 36.3 Å². The summed E-state index contributed by atoms with van der Waals surface area (Å²) in [6.07, 6.45) is 4.54. The number of imidazole rings is 1. The number of hydrogen-bond acceptors (Lipinski definition) is 3. The van der Waals surface area contributed by atoms with Crippen LogP contribution in [-0.4, -0.2) is 16.2 Å². The fourth-order valence-electron chi connectivity index (χ4n) is 3.92. The fourth-order valence-corrected chi connectivity index (χ4v) is 3.92. The summed E-state index contributed by atoms with van der Waals surface area (Å²) in [6.45, 7) is 7.45. The van der Waals surface area contributed by atoms with Crippen molar-refractivity contribution in [3.05, 3.63) is 103 Å². The van der Waals surface area contributed by atoms with Gasteiger partial charge in [-0.05, 0) is 62.1 Å². The summed E-state index contributed by atoms with van der Waals surface area (Å²) in [5, 5.41) is 0. The van der Waals surface area contributed by atoms with Crippen LogP contribution in [0.4, 0.5) is 0 Å². The highest BCUT2D eigenvalue weighted by Gasteiger charge is 2.18. The van der Waals surface area contributed by atoms with Crippen LogP contribution in [0.15, 0.2) is 91.5 Å². The molecule has 1 heterocycles. The van der Waals surface area contributed by atoms with Gasteiger partial charge in [-0.2, -0.15) is 0 Å². The van der Waals surface area contributed by atoms with E-state index in [4.69, 9.17) is 14.5 Å². The summed E-state index contributed by atoms with van der Waals surface area (Å²) in [6, 6.07) is 26.4. The Bertz CT molecular complexity index is 1150. The molecule has 0 saturated heterocycles. The fraction of sp³-hybridized carbons (Fsp3) is 0.250. The van der Waals surface area contributed by atoms with Crippen LogP contribution in [0.5, 0.6) is 11.5 Å². The van der Waals surface area contributed by atoms with Crippen LogP contribution < -0.4 is 9.47 Å². The molecule has 4 aromatic rings. The minimum atomic E-state index is -0.146. The normalized spacial score (nSPS) is 11.9. The van der Waals surface area contributed by atoms with Crippen molar-refractivity contribution in [3.63, 3.8) is 0 Å². The second-order valence-electron chi connectivity index (χ2n) is 7.84. The van der Waals surface area contributed by atoms with Crippen LogP contribution in [0.3, 0.4) is 0 Å². The van der Waals surface area contributed by atoms with E-state index in [-0.39, 0.29) is 6.10 Å². The van der Waals surface area contributed by atoms with Gasteiger partial charge in [0.2, 0.25) is 0 Å². The summed E-state index contributed by atoms with van der Waals surface area (Å²) in [4.78, 5) is 4.88. The molecule has 0 amide bonds. The van der Waals surface area contributed by atoms with Crippen molar-refractivity contribution in [1.29, 1.82) is 0 Å². The third-order valence-electron chi connectivity index (χ3n) is 5.47. The van der Waals surface area contributed by atoms with Gasteiger partial charge < -0.3 is 14.0 Å². The average molecular weight is 427 g/mol. The molecular weight excluding hydrogens is 396 g/mol. The SMILES string of the molecule is C=CCc1ccccc1OCCCCn1c(C(C)Oc2ccccc2)nc2ccccc21. The molecule has 0 saturated carbocycles. The number of benzene rings is 3. The molecule has 0 bridgehead atoms. The van der Waals surface area contributed by atoms with Crippen LogP contribution in [0.2, 0.25) is 0 Å². The summed E-state index contributed by atoms with van der Waals surface area (Å²) in [5.41, 5.74) is 3.32. The van der Waals surface area contributed by atoms with E-state index in [1.807, 2.05) is 60.7 Å². The standard InChI is InChI=1S/C28H30N2O2/c1-3-13-23-14-7-10-19-27(23)31-21-12-11-20-30-26-18-9-8-17-25(26)29-28(30)22(2)32-24-15-5-4-6-16-24/h3-10,14-19,22H,1,11-13,20-21H2,2H3. The number of ether oxygens (including phenoxy) is 2. The van der Waals surface area contributed by atoms with Gasteiger partial charge in [0.15, 0.2) is 11.9 Å². The van der Waals surface area contributed by atoms with Gasteiger partial charge in [-0.1, -0.05) is 54.6 Å². The lowest BCUT2D eigenvalue weighted by molar-refractivity contribution is 0.211. The van der Waals surface area contributed by atoms with Gasteiger partial charge >= 0.3 is 0 Å². The molecular formula is C28H30N2O2. The summed E-state index contributed by atoms with van der Waals surface area (Å²) in [7, 11) is 0. The highest BCUT2D eigenvalue weighted by Crippen LogP contribution is 2.26. The second-order valence-corrected chi connectivity index (χ2v) is 7.84. The van der Waals surface area contributed by atoms with Crippen LogP contribution in [0.25, 0.3) is 11.0 Å². The maximum absolute atomic E-state index is 6.18. The van der Waals surface area contributed by atoms with E-state index in [1.54, 1.807) is 0 Å². The second kappa shape index (κ2) is 10.7. The largest absolute Gasteiger partial charge is 0.493 e. The monoisotopic (exact) mass is 426 g/mol. The molecule has 0 aliphatic carbocycles. The zero-order chi connectivity index (χ0) is 22.2. The molecule has 0 fully saturated rings. The summed E-state index contributed by atoms with van der Waals surface area (Å²) < 4.78 is 14.5. The maximum atomic E-state index is 6.18. The molecule has 1 unspecified atom stereocenters. The molecule has 0 aliphatic rings. The Labute approximate surface area is 190 Å². The highest BCUT2D eigenvalue weighted by molar-refractivity contribution is 5.76. The lowest BCUT2D eigenvalue weighted by Crippen LogP contribution is -2.13. The van der Waals surface area contributed by atoms with Gasteiger partial charge in [0.25, 0.3) is 0 Å². The molecule has 4 rings (SSSR count). The van der Waals surface area contributed by atoms with Gasteiger partial charge in [-0.3, -0.25) is 0 Å². The number of hydrogen-bond donors (Lipinski definition) is 0. The number of rotatable bonds is 11. The van der Waals surface area contributed by atoms with Crippen molar-refractivity contribution in [2.75, 3.05) is 6.61 Å². The van der Waals surface area contributed by atoms with Gasteiger partial charge in [-0.15, -0.1) is 6.58 Å². The zero-order valence-electron chi connectivity index (χ0n) is 18.6. The molecule has 164 valence electrons. The number of fused-ring (bicyclic) bond motifs is 1. The van der Waals surface area contributed by atoms with Crippen LogP contribution in [0, 0.1) is 0 Å². The number of unbranched alkanes of at least 4 members (excludes halogenated alkanes) is 1. The Hall–Kier alpha value is -3.53. The zero-order valence-corrected chi connectivity index (χ0v) is 18.6. The van der Waals surface area contributed by atoms with Gasteiger partial charge in [-0.25, -0.2) is 4.98 Å². The van der Waals surface area contributed by atoms with E-state index in [2.05, 4.69) is 42.3 Å². The number of aromatic nitrogens is 2.